The molecule has 0 N–H and O–H groups in total. The van der Waals surface area contributed by atoms with Gasteiger partial charge in [-0.05, 0) is 33.1 Å². The van der Waals surface area contributed by atoms with Gasteiger partial charge in [-0.1, -0.05) is 45.4 Å². The molecule has 0 spiro atoms. The van der Waals surface area contributed by atoms with Gasteiger partial charge in [0, 0.05) is 13.0 Å². The van der Waals surface area contributed by atoms with Gasteiger partial charge in [-0.15, -0.1) is 0 Å². The summed E-state index contributed by atoms with van der Waals surface area (Å²) < 4.78 is 16.0. The number of hydrogen-bond acceptors (Lipinski definition) is 4. The van der Waals surface area contributed by atoms with Crippen molar-refractivity contribution >= 4 is 5.97 Å². The Hall–Kier alpha value is -0.610. The van der Waals surface area contributed by atoms with Crippen molar-refractivity contribution in [3.8, 4) is 0 Å². The molecule has 0 saturated heterocycles. The van der Waals surface area contributed by atoms with Crippen molar-refractivity contribution in [3.05, 3.63) is 0 Å². The molecule has 0 aromatic heterocycles. The molecule has 1 unspecified atom stereocenters. The van der Waals surface area contributed by atoms with Crippen LogP contribution in [0.5, 0.6) is 0 Å². The summed E-state index contributed by atoms with van der Waals surface area (Å²) in [4.78, 5) is 11.2. The Bertz CT molecular complexity index is 256. The van der Waals surface area contributed by atoms with Crippen LogP contribution in [0.1, 0.15) is 85.0 Å². The van der Waals surface area contributed by atoms with Crippen LogP contribution in [0.15, 0.2) is 0 Å². The fourth-order valence-electron chi connectivity index (χ4n) is 2.30. The molecule has 0 aliphatic rings. The second-order valence-corrected chi connectivity index (χ2v) is 6.09. The number of esters is 1. The molecule has 0 aromatic carbocycles. The summed E-state index contributed by atoms with van der Waals surface area (Å²) >= 11 is 0. The molecule has 0 aliphatic carbocycles. The van der Waals surface area contributed by atoms with E-state index in [1.165, 1.54) is 32.1 Å². The third-order valence-corrected chi connectivity index (χ3v) is 3.93. The molecule has 4 heteroatoms. The zero-order valence-corrected chi connectivity index (χ0v) is 15.6. The van der Waals surface area contributed by atoms with E-state index in [4.69, 9.17) is 14.2 Å². The predicted octanol–water partition coefficient (Wildman–Crippen LogP) is 4.89. The van der Waals surface area contributed by atoms with Gasteiger partial charge in [0.2, 0.25) is 0 Å². The quantitative estimate of drug-likeness (QED) is 0.281. The van der Waals surface area contributed by atoms with Gasteiger partial charge >= 0.3 is 5.97 Å². The number of hydrogen-bond donors (Lipinski definition) is 0. The molecule has 1 atom stereocenters. The van der Waals surface area contributed by atoms with E-state index in [0.29, 0.717) is 32.3 Å². The average molecular weight is 331 g/mol. The Morgan fingerprint density at radius 1 is 0.826 bits per heavy atom. The molecule has 0 bridgehead atoms. The molecule has 23 heavy (non-hydrogen) atoms. The molecule has 0 aliphatic heterocycles. The topological polar surface area (TPSA) is 44.8 Å². The fourth-order valence-corrected chi connectivity index (χ4v) is 2.30. The summed E-state index contributed by atoms with van der Waals surface area (Å²) in [6, 6.07) is 0. The normalized spacial score (nSPS) is 12.3. The Balaban J connectivity index is 3.07. The summed E-state index contributed by atoms with van der Waals surface area (Å²) in [6.45, 7) is 8.84. The first-order valence-corrected chi connectivity index (χ1v) is 9.55. The highest BCUT2D eigenvalue weighted by molar-refractivity contribution is 5.69. The molecule has 0 rings (SSSR count). The van der Waals surface area contributed by atoms with Crippen LogP contribution in [0.4, 0.5) is 0 Å². The SMILES string of the molecule is CCOC(=O)CCCCCCCCCCOCCOC(C)CC. The summed E-state index contributed by atoms with van der Waals surface area (Å²) in [5, 5.41) is 0. The summed E-state index contributed by atoms with van der Waals surface area (Å²) in [7, 11) is 0. The van der Waals surface area contributed by atoms with Crippen LogP contribution < -0.4 is 0 Å². The highest BCUT2D eigenvalue weighted by Gasteiger charge is 2.00. The number of carbonyl (C=O) groups excluding carboxylic acids is 1. The zero-order valence-electron chi connectivity index (χ0n) is 15.6. The lowest BCUT2D eigenvalue weighted by atomic mass is 10.1. The second kappa shape index (κ2) is 17.7. The molecule has 4 nitrogen and oxygen atoms in total. The van der Waals surface area contributed by atoms with Crippen molar-refractivity contribution in [1.29, 1.82) is 0 Å². The van der Waals surface area contributed by atoms with E-state index in [0.717, 1.165) is 32.3 Å². The monoisotopic (exact) mass is 330 g/mol. The van der Waals surface area contributed by atoms with Gasteiger partial charge in [0.15, 0.2) is 0 Å². The van der Waals surface area contributed by atoms with Crippen LogP contribution in [0.3, 0.4) is 0 Å². The molecule has 0 heterocycles. The Morgan fingerprint density at radius 2 is 1.43 bits per heavy atom. The molecular formula is C19H38O4. The van der Waals surface area contributed by atoms with Crippen molar-refractivity contribution < 1.29 is 19.0 Å². The third-order valence-electron chi connectivity index (χ3n) is 3.93. The lowest BCUT2D eigenvalue weighted by Gasteiger charge is -2.10. The van der Waals surface area contributed by atoms with E-state index in [1.54, 1.807) is 0 Å². The maximum Gasteiger partial charge on any atom is 0.305 e. The fraction of sp³-hybridized carbons (Fsp3) is 0.947. The maximum absolute atomic E-state index is 11.2. The number of carbonyl (C=O) groups is 1. The first-order valence-electron chi connectivity index (χ1n) is 9.55. The van der Waals surface area contributed by atoms with Crippen molar-refractivity contribution in [1.82, 2.24) is 0 Å². The first-order chi connectivity index (χ1) is 11.2. The minimum absolute atomic E-state index is 0.0537. The standard InChI is InChI=1S/C19H38O4/c1-4-18(3)23-17-16-21-15-13-11-9-7-6-8-10-12-14-19(20)22-5-2/h18H,4-17H2,1-3H3. The van der Waals surface area contributed by atoms with Gasteiger partial charge in [-0.25, -0.2) is 0 Å². The van der Waals surface area contributed by atoms with Crippen molar-refractivity contribution in [2.45, 2.75) is 91.1 Å². The third kappa shape index (κ3) is 17.6. The van der Waals surface area contributed by atoms with E-state index in [9.17, 15) is 4.79 Å². The second-order valence-electron chi connectivity index (χ2n) is 6.09. The lowest BCUT2D eigenvalue weighted by molar-refractivity contribution is -0.143. The lowest BCUT2D eigenvalue weighted by Crippen LogP contribution is -2.12. The van der Waals surface area contributed by atoms with Crippen LogP contribution in [0, 0.1) is 0 Å². The highest BCUT2D eigenvalue weighted by Crippen LogP contribution is 2.10. The Morgan fingerprint density at radius 3 is 2.04 bits per heavy atom. The van der Waals surface area contributed by atoms with E-state index in [1.807, 2.05) is 6.92 Å². The van der Waals surface area contributed by atoms with Crippen LogP contribution in [0.25, 0.3) is 0 Å². The Labute approximate surface area is 143 Å². The molecular weight excluding hydrogens is 292 g/mol. The van der Waals surface area contributed by atoms with Crippen molar-refractivity contribution in [2.24, 2.45) is 0 Å². The van der Waals surface area contributed by atoms with Gasteiger partial charge in [0.25, 0.3) is 0 Å². The van der Waals surface area contributed by atoms with E-state index >= 15 is 0 Å². The molecule has 0 aromatic rings. The summed E-state index contributed by atoms with van der Waals surface area (Å²) in [6.07, 6.45) is 11.5. The van der Waals surface area contributed by atoms with Crippen LogP contribution in [0.2, 0.25) is 0 Å². The largest absolute Gasteiger partial charge is 0.466 e. The number of rotatable bonds is 17. The van der Waals surface area contributed by atoms with Crippen molar-refractivity contribution in [2.75, 3.05) is 26.4 Å². The molecule has 0 saturated carbocycles. The average Bonchev–Trinajstić information content (AvgIpc) is 2.55. The van der Waals surface area contributed by atoms with Gasteiger partial charge in [0.1, 0.15) is 0 Å². The van der Waals surface area contributed by atoms with Crippen LogP contribution in [-0.4, -0.2) is 38.5 Å². The van der Waals surface area contributed by atoms with Crippen LogP contribution in [-0.2, 0) is 19.0 Å². The summed E-state index contributed by atoms with van der Waals surface area (Å²) in [5.74, 6) is -0.0537. The van der Waals surface area contributed by atoms with E-state index in [-0.39, 0.29) is 5.97 Å². The maximum atomic E-state index is 11.2. The number of ether oxygens (including phenoxy) is 3. The first kappa shape index (κ1) is 22.4. The van der Waals surface area contributed by atoms with Gasteiger partial charge < -0.3 is 14.2 Å². The molecule has 0 amide bonds. The predicted molar refractivity (Wildman–Crippen MR) is 94.7 cm³/mol. The molecule has 0 fully saturated rings. The van der Waals surface area contributed by atoms with Crippen molar-refractivity contribution in [3.63, 3.8) is 0 Å². The zero-order chi connectivity index (χ0) is 17.2. The van der Waals surface area contributed by atoms with E-state index in [2.05, 4.69) is 13.8 Å². The summed E-state index contributed by atoms with van der Waals surface area (Å²) in [5.41, 5.74) is 0. The number of unbranched alkanes of at least 4 members (excludes halogenated alkanes) is 7. The van der Waals surface area contributed by atoms with Gasteiger partial charge in [-0.3, -0.25) is 4.79 Å². The highest BCUT2D eigenvalue weighted by atomic mass is 16.5. The molecule has 138 valence electrons. The van der Waals surface area contributed by atoms with Gasteiger partial charge in [0.05, 0.1) is 25.9 Å². The molecule has 0 radical (unpaired) electrons. The van der Waals surface area contributed by atoms with Crippen LogP contribution >= 0.6 is 0 Å². The van der Waals surface area contributed by atoms with E-state index < -0.39 is 0 Å². The minimum Gasteiger partial charge on any atom is -0.466 e. The smallest absolute Gasteiger partial charge is 0.305 e. The minimum atomic E-state index is -0.0537. The van der Waals surface area contributed by atoms with Gasteiger partial charge in [-0.2, -0.15) is 0 Å². The Kier molecular flexibility index (Phi) is 17.3.